The molecule has 0 amide bonds. The minimum absolute atomic E-state index is 0.387. The van der Waals surface area contributed by atoms with Crippen LogP contribution in [-0.4, -0.2) is 12.8 Å². The van der Waals surface area contributed by atoms with Crippen LogP contribution in [0.1, 0.15) is 25.8 Å². The SMILES string of the molecule is C=Cc1cccc(OC(=O)OCCC(C)C)c1. The molecule has 3 heteroatoms. The zero-order valence-electron chi connectivity index (χ0n) is 10.3. The fraction of sp³-hybridized carbons (Fsp3) is 0.357. The lowest BCUT2D eigenvalue weighted by atomic mass is 10.1. The van der Waals surface area contributed by atoms with Gasteiger partial charge in [0.05, 0.1) is 6.61 Å². The quantitative estimate of drug-likeness (QED) is 0.572. The van der Waals surface area contributed by atoms with Crippen molar-refractivity contribution in [1.29, 1.82) is 0 Å². The summed E-state index contributed by atoms with van der Waals surface area (Å²) in [6, 6.07) is 7.12. The smallest absolute Gasteiger partial charge is 0.434 e. The summed E-state index contributed by atoms with van der Waals surface area (Å²) >= 11 is 0. The normalized spacial score (nSPS) is 10.1. The monoisotopic (exact) mass is 234 g/mol. The molecule has 0 aliphatic heterocycles. The van der Waals surface area contributed by atoms with Crippen LogP contribution in [0.15, 0.2) is 30.8 Å². The maximum atomic E-state index is 11.3. The maximum Gasteiger partial charge on any atom is 0.513 e. The first kappa shape index (κ1) is 13.3. The lowest BCUT2D eigenvalue weighted by molar-refractivity contribution is 0.0949. The Bertz CT molecular complexity index is 383. The topological polar surface area (TPSA) is 35.5 Å². The van der Waals surface area contributed by atoms with Crippen molar-refractivity contribution in [3.05, 3.63) is 36.4 Å². The summed E-state index contributed by atoms with van der Waals surface area (Å²) in [4.78, 5) is 11.3. The number of hydrogen-bond donors (Lipinski definition) is 0. The van der Waals surface area contributed by atoms with Crippen LogP contribution in [0.25, 0.3) is 6.08 Å². The first-order valence-corrected chi connectivity index (χ1v) is 5.69. The Morgan fingerprint density at radius 3 is 2.88 bits per heavy atom. The molecule has 0 heterocycles. The van der Waals surface area contributed by atoms with E-state index in [1.54, 1.807) is 24.3 Å². The molecule has 17 heavy (non-hydrogen) atoms. The average Bonchev–Trinajstić information content (AvgIpc) is 2.28. The Kier molecular flexibility index (Phi) is 5.27. The fourth-order valence-corrected chi connectivity index (χ4v) is 1.21. The van der Waals surface area contributed by atoms with Gasteiger partial charge in [0.2, 0.25) is 0 Å². The van der Waals surface area contributed by atoms with Gasteiger partial charge in [-0.25, -0.2) is 4.79 Å². The van der Waals surface area contributed by atoms with E-state index < -0.39 is 6.16 Å². The third-order valence-electron chi connectivity index (χ3n) is 2.21. The molecule has 0 saturated heterocycles. The van der Waals surface area contributed by atoms with Crippen molar-refractivity contribution in [1.82, 2.24) is 0 Å². The molecule has 0 aromatic heterocycles. The Morgan fingerprint density at radius 1 is 1.47 bits per heavy atom. The lowest BCUT2D eigenvalue weighted by Gasteiger charge is -2.07. The molecule has 0 fully saturated rings. The highest BCUT2D eigenvalue weighted by Crippen LogP contribution is 2.14. The summed E-state index contributed by atoms with van der Waals surface area (Å²) in [5.74, 6) is 0.976. The molecule has 0 N–H and O–H groups in total. The molecule has 1 aromatic carbocycles. The lowest BCUT2D eigenvalue weighted by Crippen LogP contribution is -2.12. The zero-order valence-corrected chi connectivity index (χ0v) is 10.3. The highest BCUT2D eigenvalue weighted by Gasteiger charge is 2.06. The average molecular weight is 234 g/mol. The summed E-state index contributed by atoms with van der Waals surface area (Å²) in [7, 11) is 0. The van der Waals surface area contributed by atoms with E-state index in [4.69, 9.17) is 9.47 Å². The van der Waals surface area contributed by atoms with Crippen LogP contribution in [0.3, 0.4) is 0 Å². The van der Waals surface area contributed by atoms with E-state index in [1.807, 2.05) is 6.07 Å². The summed E-state index contributed by atoms with van der Waals surface area (Å²) in [5, 5.41) is 0. The summed E-state index contributed by atoms with van der Waals surface area (Å²) in [6.07, 6.45) is 1.87. The zero-order chi connectivity index (χ0) is 12.7. The van der Waals surface area contributed by atoms with E-state index in [1.165, 1.54) is 0 Å². The van der Waals surface area contributed by atoms with Crippen LogP contribution in [-0.2, 0) is 4.74 Å². The highest BCUT2D eigenvalue weighted by molar-refractivity contribution is 5.64. The Balaban J connectivity index is 2.42. The Labute approximate surface area is 102 Å². The number of benzene rings is 1. The number of ether oxygens (including phenoxy) is 2. The second kappa shape index (κ2) is 6.74. The highest BCUT2D eigenvalue weighted by atomic mass is 16.7. The Morgan fingerprint density at radius 2 is 2.24 bits per heavy atom. The predicted octanol–water partition coefficient (Wildman–Crippen LogP) is 3.89. The van der Waals surface area contributed by atoms with E-state index >= 15 is 0 Å². The first-order chi connectivity index (χ1) is 8.11. The molecule has 3 nitrogen and oxygen atoms in total. The molecule has 0 spiro atoms. The van der Waals surface area contributed by atoms with Crippen molar-refractivity contribution in [3.8, 4) is 5.75 Å². The van der Waals surface area contributed by atoms with Crippen molar-refractivity contribution < 1.29 is 14.3 Å². The number of rotatable bonds is 5. The maximum absolute atomic E-state index is 11.3. The molecular weight excluding hydrogens is 216 g/mol. The molecule has 1 rings (SSSR count). The van der Waals surface area contributed by atoms with Gasteiger partial charge in [-0.2, -0.15) is 0 Å². The molecule has 92 valence electrons. The van der Waals surface area contributed by atoms with E-state index in [-0.39, 0.29) is 0 Å². The molecule has 1 aromatic rings. The van der Waals surface area contributed by atoms with Crippen molar-refractivity contribution >= 4 is 12.2 Å². The number of hydrogen-bond acceptors (Lipinski definition) is 3. The van der Waals surface area contributed by atoms with Crippen LogP contribution >= 0.6 is 0 Å². The van der Waals surface area contributed by atoms with Gasteiger partial charge in [-0.05, 0) is 30.0 Å². The predicted molar refractivity (Wildman–Crippen MR) is 68.0 cm³/mol. The van der Waals surface area contributed by atoms with E-state index in [0.717, 1.165) is 12.0 Å². The molecule has 0 aliphatic carbocycles. The van der Waals surface area contributed by atoms with Gasteiger partial charge in [0.1, 0.15) is 5.75 Å². The molecule has 0 bridgehead atoms. The van der Waals surface area contributed by atoms with Gasteiger partial charge in [0.15, 0.2) is 0 Å². The second-order valence-electron chi connectivity index (χ2n) is 4.16. The van der Waals surface area contributed by atoms with Crippen LogP contribution in [0.5, 0.6) is 5.75 Å². The van der Waals surface area contributed by atoms with Crippen molar-refractivity contribution in [2.24, 2.45) is 5.92 Å². The second-order valence-corrected chi connectivity index (χ2v) is 4.16. The molecule has 0 atom stereocenters. The van der Waals surface area contributed by atoms with E-state index in [0.29, 0.717) is 18.3 Å². The van der Waals surface area contributed by atoms with Gasteiger partial charge in [-0.3, -0.25) is 0 Å². The van der Waals surface area contributed by atoms with Gasteiger partial charge in [-0.15, -0.1) is 0 Å². The molecule has 0 unspecified atom stereocenters. The number of carbonyl (C=O) groups excluding carboxylic acids is 1. The molecule has 0 aliphatic rings. The molecular formula is C14H18O3. The summed E-state index contributed by atoms with van der Waals surface area (Å²) < 4.78 is 9.97. The largest absolute Gasteiger partial charge is 0.513 e. The van der Waals surface area contributed by atoms with Crippen molar-refractivity contribution in [3.63, 3.8) is 0 Å². The fourth-order valence-electron chi connectivity index (χ4n) is 1.21. The minimum Gasteiger partial charge on any atom is -0.434 e. The Hall–Kier alpha value is -1.77. The van der Waals surface area contributed by atoms with Crippen LogP contribution in [0, 0.1) is 5.92 Å². The minimum atomic E-state index is -0.660. The first-order valence-electron chi connectivity index (χ1n) is 5.69. The van der Waals surface area contributed by atoms with E-state index in [2.05, 4.69) is 20.4 Å². The van der Waals surface area contributed by atoms with Gasteiger partial charge in [-0.1, -0.05) is 38.6 Å². The standard InChI is InChI=1S/C14H18O3/c1-4-12-6-5-7-13(10-12)17-14(15)16-9-8-11(2)3/h4-7,10-11H,1,8-9H2,2-3H3. The molecule has 0 radical (unpaired) electrons. The van der Waals surface area contributed by atoms with Gasteiger partial charge in [0.25, 0.3) is 0 Å². The van der Waals surface area contributed by atoms with Gasteiger partial charge < -0.3 is 9.47 Å². The van der Waals surface area contributed by atoms with Gasteiger partial charge in [0, 0.05) is 0 Å². The van der Waals surface area contributed by atoms with Crippen molar-refractivity contribution in [2.75, 3.05) is 6.61 Å². The van der Waals surface area contributed by atoms with E-state index in [9.17, 15) is 4.79 Å². The number of carbonyl (C=O) groups is 1. The van der Waals surface area contributed by atoms with Crippen LogP contribution in [0.2, 0.25) is 0 Å². The van der Waals surface area contributed by atoms with Gasteiger partial charge >= 0.3 is 6.16 Å². The third kappa shape index (κ3) is 5.20. The summed E-state index contributed by atoms with van der Waals surface area (Å²) in [5.41, 5.74) is 0.900. The summed E-state index contributed by atoms with van der Waals surface area (Å²) in [6.45, 7) is 8.18. The van der Waals surface area contributed by atoms with Crippen molar-refractivity contribution in [2.45, 2.75) is 20.3 Å². The molecule has 0 saturated carbocycles. The van der Waals surface area contributed by atoms with Crippen LogP contribution in [0.4, 0.5) is 4.79 Å². The van der Waals surface area contributed by atoms with Crippen LogP contribution < -0.4 is 4.74 Å². The third-order valence-corrected chi connectivity index (χ3v) is 2.21.